The van der Waals surface area contributed by atoms with Gasteiger partial charge in [-0.25, -0.2) is 0 Å². The van der Waals surface area contributed by atoms with E-state index >= 15 is 0 Å². The van der Waals surface area contributed by atoms with Crippen molar-refractivity contribution in [2.75, 3.05) is 0 Å². The van der Waals surface area contributed by atoms with Gasteiger partial charge >= 0.3 is 0 Å². The molecular formula is C13H17NO2S. The molecule has 2 amide bonds. The number of hydrogen-bond donors (Lipinski definition) is 1. The summed E-state index contributed by atoms with van der Waals surface area (Å²) in [5.41, 5.74) is 1.08. The van der Waals surface area contributed by atoms with Crippen LogP contribution in [0.3, 0.4) is 0 Å². The Morgan fingerprint density at radius 1 is 1.18 bits per heavy atom. The zero-order valence-electron chi connectivity index (χ0n) is 10.3. The van der Waals surface area contributed by atoms with Crippen molar-refractivity contribution in [2.24, 2.45) is 0 Å². The minimum Gasteiger partial charge on any atom is -0.286 e. The van der Waals surface area contributed by atoms with E-state index in [0.717, 1.165) is 17.3 Å². The number of hydrogen-bond acceptors (Lipinski definition) is 3. The van der Waals surface area contributed by atoms with E-state index in [1.165, 1.54) is 0 Å². The van der Waals surface area contributed by atoms with Crippen LogP contribution in [0.4, 0.5) is 4.79 Å². The van der Waals surface area contributed by atoms with Crippen LogP contribution < -0.4 is 5.32 Å². The number of imide groups is 1. The third kappa shape index (κ3) is 3.33. The Kier molecular flexibility index (Phi) is 5.22. The minimum atomic E-state index is -0.292. The quantitative estimate of drug-likeness (QED) is 0.878. The second-order valence-corrected chi connectivity index (χ2v) is 4.63. The lowest BCUT2D eigenvalue weighted by Gasteiger charge is -2.15. The fourth-order valence-corrected chi connectivity index (χ4v) is 2.55. The molecule has 1 N–H and O–H groups in total. The van der Waals surface area contributed by atoms with E-state index in [1.54, 1.807) is 0 Å². The molecule has 0 aromatic heterocycles. The van der Waals surface area contributed by atoms with Gasteiger partial charge in [-0.15, -0.1) is 0 Å². The Morgan fingerprint density at radius 3 is 2.24 bits per heavy atom. The maximum absolute atomic E-state index is 11.4. The van der Waals surface area contributed by atoms with Crippen LogP contribution in [0.1, 0.15) is 32.3 Å². The van der Waals surface area contributed by atoms with Crippen molar-refractivity contribution in [1.82, 2.24) is 5.32 Å². The van der Waals surface area contributed by atoms with Gasteiger partial charge < -0.3 is 0 Å². The van der Waals surface area contributed by atoms with Gasteiger partial charge in [-0.1, -0.05) is 62.9 Å². The third-order valence-corrected chi connectivity index (χ3v) is 3.69. The third-order valence-electron chi connectivity index (χ3n) is 2.50. The molecule has 2 atom stereocenters. The molecule has 0 spiro atoms. The van der Waals surface area contributed by atoms with Crippen molar-refractivity contribution in [1.29, 1.82) is 0 Å². The van der Waals surface area contributed by atoms with Crippen molar-refractivity contribution in [3.8, 4) is 0 Å². The van der Waals surface area contributed by atoms with E-state index in [9.17, 15) is 9.59 Å². The fraction of sp³-hybridized carbons (Fsp3) is 0.385. The molecule has 3 nitrogen and oxygen atoms in total. The summed E-state index contributed by atoms with van der Waals surface area (Å²) in [7, 11) is 0. The molecule has 2 unspecified atom stereocenters. The lowest BCUT2D eigenvalue weighted by molar-refractivity contribution is -0.119. The lowest BCUT2D eigenvalue weighted by atomic mass is 9.97. The normalized spacial score (nSPS) is 20.3. The smallest absolute Gasteiger partial charge is 0.286 e. The molecule has 1 saturated heterocycles. The number of thioether (sulfide) groups is 1. The van der Waals surface area contributed by atoms with Crippen LogP contribution in [-0.2, 0) is 4.79 Å². The lowest BCUT2D eigenvalue weighted by Crippen LogP contribution is -2.27. The molecule has 17 heavy (non-hydrogen) atoms. The van der Waals surface area contributed by atoms with Crippen LogP contribution in [-0.4, -0.2) is 16.4 Å². The predicted molar refractivity (Wildman–Crippen MR) is 71.1 cm³/mol. The summed E-state index contributed by atoms with van der Waals surface area (Å²) >= 11 is 1.08. The fourth-order valence-electron chi connectivity index (χ4n) is 1.63. The highest BCUT2D eigenvalue weighted by Gasteiger charge is 2.36. The average Bonchev–Trinajstić information content (AvgIpc) is 2.71. The van der Waals surface area contributed by atoms with E-state index in [-0.39, 0.29) is 22.3 Å². The zero-order chi connectivity index (χ0) is 12.8. The molecule has 1 fully saturated rings. The molecule has 1 heterocycles. The first kappa shape index (κ1) is 13.8. The number of nitrogens with one attached hydrogen (secondary N) is 1. The van der Waals surface area contributed by atoms with Crippen LogP contribution in [0, 0.1) is 0 Å². The van der Waals surface area contributed by atoms with Crippen molar-refractivity contribution in [2.45, 2.75) is 31.9 Å². The first-order chi connectivity index (χ1) is 8.18. The Bertz CT molecular complexity index is 392. The van der Waals surface area contributed by atoms with Crippen molar-refractivity contribution >= 4 is 22.9 Å². The Morgan fingerprint density at radius 2 is 1.76 bits per heavy atom. The van der Waals surface area contributed by atoms with Crippen LogP contribution in [0.5, 0.6) is 0 Å². The van der Waals surface area contributed by atoms with Crippen molar-refractivity contribution in [3.05, 3.63) is 35.9 Å². The summed E-state index contributed by atoms with van der Waals surface area (Å²) in [5.74, 6) is -0.121. The largest absolute Gasteiger partial charge is 0.286 e. The zero-order valence-corrected chi connectivity index (χ0v) is 11.1. The van der Waals surface area contributed by atoms with E-state index in [2.05, 4.69) is 5.32 Å². The molecule has 0 aliphatic carbocycles. The number of benzene rings is 1. The number of rotatable bonds is 2. The van der Waals surface area contributed by atoms with Crippen LogP contribution in [0.15, 0.2) is 30.3 Å². The van der Waals surface area contributed by atoms with E-state index in [0.29, 0.717) is 0 Å². The van der Waals surface area contributed by atoms with Gasteiger partial charge in [0.25, 0.3) is 5.24 Å². The van der Waals surface area contributed by atoms with Gasteiger partial charge in [0.1, 0.15) is 0 Å². The number of carbonyl (C=O) groups excluding carboxylic acids is 2. The molecule has 0 radical (unpaired) electrons. The molecule has 1 aliphatic rings. The molecule has 1 aliphatic heterocycles. The van der Waals surface area contributed by atoms with Crippen LogP contribution in [0.25, 0.3) is 0 Å². The molecule has 0 saturated carbocycles. The SMILES string of the molecule is CC.CC(c1ccccc1)C1SC(=O)NC1=O. The highest BCUT2D eigenvalue weighted by Crippen LogP contribution is 2.32. The van der Waals surface area contributed by atoms with Crippen LogP contribution >= 0.6 is 11.8 Å². The maximum atomic E-state index is 11.4. The summed E-state index contributed by atoms with van der Waals surface area (Å²) in [6.07, 6.45) is 0. The first-order valence-electron chi connectivity index (χ1n) is 5.75. The van der Waals surface area contributed by atoms with Crippen molar-refractivity contribution < 1.29 is 9.59 Å². The predicted octanol–water partition coefficient (Wildman–Crippen LogP) is 3.17. The first-order valence-corrected chi connectivity index (χ1v) is 6.63. The van der Waals surface area contributed by atoms with Crippen LogP contribution in [0.2, 0.25) is 0 Å². The molecule has 0 bridgehead atoms. The monoisotopic (exact) mass is 251 g/mol. The van der Waals surface area contributed by atoms with E-state index in [1.807, 2.05) is 51.1 Å². The second kappa shape index (κ2) is 6.45. The van der Waals surface area contributed by atoms with E-state index < -0.39 is 0 Å². The Balaban J connectivity index is 0.000000686. The molecule has 92 valence electrons. The average molecular weight is 251 g/mol. The second-order valence-electron chi connectivity index (χ2n) is 3.51. The van der Waals surface area contributed by atoms with E-state index in [4.69, 9.17) is 0 Å². The molecule has 4 heteroatoms. The number of carbonyl (C=O) groups is 2. The highest BCUT2D eigenvalue weighted by atomic mass is 32.2. The molecule has 2 rings (SSSR count). The van der Waals surface area contributed by atoms with Gasteiger partial charge in [0.15, 0.2) is 0 Å². The summed E-state index contributed by atoms with van der Waals surface area (Å²) in [6, 6.07) is 9.75. The van der Waals surface area contributed by atoms with Gasteiger partial charge in [0.2, 0.25) is 5.91 Å². The van der Waals surface area contributed by atoms with Gasteiger partial charge in [0.05, 0.1) is 5.25 Å². The Labute approximate surface area is 106 Å². The molecule has 1 aromatic rings. The standard InChI is InChI=1S/C11H11NO2S.C2H6/c1-7(8-5-3-2-4-6-8)9-10(13)12-11(14)15-9;1-2/h2-7,9H,1H3,(H,12,13,14);1-2H3. The number of amides is 2. The van der Waals surface area contributed by atoms with Gasteiger partial charge in [-0.2, -0.15) is 0 Å². The summed E-state index contributed by atoms with van der Waals surface area (Å²) < 4.78 is 0. The summed E-state index contributed by atoms with van der Waals surface area (Å²) in [5, 5.41) is 1.77. The summed E-state index contributed by atoms with van der Waals surface area (Å²) in [6.45, 7) is 5.96. The Hall–Kier alpha value is -1.29. The topological polar surface area (TPSA) is 46.2 Å². The summed E-state index contributed by atoms with van der Waals surface area (Å²) in [4.78, 5) is 22.5. The maximum Gasteiger partial charge on any atom is 0.286 e. The molecule has 1 aromatic carbocycles. The molecular weight excluding hydrogens is 234 g/mol. The van der Waals surface area contributed by atoms with Gasteiger partial charge in [-0.3, -0.25) is 14.9 Å². The van der Waals surface area contributed by atoms with Gasteiger partial charge in [-0.05, 0) is 5.56 Å². The van der Waals surface area contributed by atoms with Crippen molar-refractivity contribution in [3.63, 3.8) is 0 Å². The van der Waals surface area contributed by atoms with Gasteiger partial charge in [0, 0.05) is 5.92 Å². The highest BCUT2D eigenvalue weighted by molar-refractivity contribution is 8.15. The minimum absolute atomic E-state index is 0.0580.